The molecule has 0 saturated heterocycles. The number of amides is 1. The number of anilines is 2. The quantitative estimate of drug-likeness (QED) is 0.0969. The van der Waals surface area contributed by atoms with E-state index in [2.05, 4.69) is 5.32 Å². The Bertz CT molecular complexity index is 1800. The Morgan fingerprint density at radius 3 is 2.27 bits per heavy atom. The fourth-order valence-electron chi connectivity index (χ4n) is 5.29. The van der Waals surface area contributed by atoms with E-state index in [9.17, 15) is 19.7 Å². The molecular formula is C34H33N3O8. The van der Waals surface area contributed by atoms with Crippen LogP contribution in [0.25, 0.3) is 11.1 Å². The number of carbonyl (C=O) groups excluding carboxylic acids is 2. The zero-order valence-electron chi connectivity index (χ0n) is 25.8. The first-order valence-electron chi connectivity index (χ1n) is 14.1. The summed E-state index contributed by atoms with van der Waals surface area (Å²) < 4.78 is 22.7. The first kappa shape index (κ1) is 30.9. The number of likely N-dealkylation sites (N-methyl/N-ethyl adjacent to an activating group) is 1. The molecule has 1 amide bonds. The number of nitrogens with one attached hydrogen (secondary N) is 1. The smallest absolute Gasteiger partial charge is 0.343 e. The second kappa shape index (κ2) is 12.2. The average molecular weight is 612 g/mol. The number of methoxy groups -OCH3 is 2. The number of non-ortho nitro benzene ring substituents is 1. The van der Waals surface area contributed by atoms with Gasteiger partial charge in [-0.15, -0.1) is 0 Å². The standard InChI is InChI=1S/C34H33N3O8/c1-20-7-10-22(37(40)41)17-29(20)44-19-27-25(15-16-28-31(27)36(4)33(39)34(2,3)35-28)26-14-13-24(18-30(26)43-6)45-32(38)21-8-11-23(42-5)12-9-21/h7-18,35H,19H2,1-6H3. The number of nitro groups is 1. The minimum absolute atomic E-state index is 0.0163. The molecule has 45 heavy (non-hydrogen) atoms. The number of fused-ring (bicyclic) bond motifs is 1. The maximum atomic E-state index is 13.3. The zero-order valence-corrected chi connectivity index (χ0v) is 25.8. The normalized spacial score (nSPS) is 13.4. The topological polar surface area (TPSA) is 129 Å². The summed E-state index contributed by atoms with van der Waals surface area (Å²) in [6, 6.07) is 19.8. The zero-order chi connectivity index (χ0) is 32.5. The Kier molecular flexibility index (Phi) is 8.36. The molecule has 0 fully saturated rings. The summed E-state index contributed by atoms with van der Waals surface area (Å²) in [5, 5.41) is 14.7. The molecular weight excluding hydrogens is 578 g/mol. The molecule has 0 radical (unpaired) electrons. The molecule has 0 unspecified atom stereocenters. The molecule has 0 spiro atoms. The van der Waals surface area contributed by atoms with Crippen LogP contribution in [0.4, 0.5) is 17.1 Å². The van der Waals surface area contributed by atoms with Gasteiger partial charge in [-0.25, -0.2) is 4.79 Å². The summed E-state index contributed by atoms with van der Waals surface area (Å²) in [5.41, 5.74) is 3.48. The van der Waals surface area contributed by atoms with E-state index in [4.69, 9.17) is 18.9 Å². The predicted octanol–water partition coefficient (Wildman–Crippen LogP) is 6.55. The molecule has 11 nitrogen and oxygen atoms in total. The summed E-state index contributed by atoms with van der Waals surface area (Å²) in [6.07, 6.45) is 0. The lowest BCUT2D eigenvalue weighted by Crippen LogP contribution is -2.52. The van der Waals surface area contributed by atoms with E-state index in [1.807, 2.05) is 12.1 Å². The fraction of sp³-hybridized carbons (Fsp3) is 0.235. The van der Waals surface area contributed by atoms with Gasteiger partial charge < -0.3 is 29.2 Å². The second-order valence-corrected chi connectivity index (χ2v) is 11.1. The van der Waals surface area contributed by atoms with Gasteiger partial charge in [0.2, 0.25) is 0 Å². The number of ether oxygens (including phenoxy) is 4. The Labute approximate surface area is 260 Å². The first-order valence-corrected chi connectivity index (χ1v) is 14.1. The van der Waals surface area contributed by atoms with Crippen LogP contribution in [0, 0.1) is 17.0 Å². The molecule has 232 valence electrons. The first-order chi connectivity index (χ1) is 21.4. The third-order valence-corrected chi connectivity index (χ3v) is 7.66. The van der Waals surface area contributed by atoms with Crippen LogP contribution in [0.3, 0.4) is 0 Å². The van der Waals surface area contributed by atoms with Gasteiger partial charge in [0.25, 0.3) is 11.6 Å². The fourth-order valence-corrected chi connectivity index (χ4v) is 5.29. The van der Waals surface area contributed by atoms with Gasteiger partial charge in [0, 0.05) is 30.3 Å². The van der Waals surface area contributed by atoms with Gasteiger partial charge in [0.1, 0.15) is 35.1 Å². The van der Waals surface area contributed by atoms with E-state index < -0.39 is 16.4 Å². The highest BCUT2D eigenvalue weighted by atomic mass is 16.6. The van der Waals surface area contributed by atoms with Crippen LogP contribution in [0.1, 0.15) is 35.3 Å². The number of hydrogen-bond donors (Lipinski definition) is 1. The van der Waals surface area contributed by atoms with E-state index in [0.29, 0.717) is 45.2 Å². The average Bonchev–Trinajstić information content (AvgIpc) is 3.02. The molecule has 0 aromatic heterocycles. The van der Waals surface area contributed by atoms with Crippen LogP contribution in [0.5, 0.6) is 23.0 Å². The summed E-state index contributed by atoms with van der Waals surface area (Å²) >= 11 is 0. The molecule has 4 aromatic rings. The monoisotopic (exact) mass is 611 g/mol. The van der Waals surface area contributed by atoms with E-state index in [1.54, 1.807) is 88.4 Å². The third-order valence-electron chi connectivity index (χ3n) is 7.66. The van der Waals surface area contributed by atoms with Crippen molar-refractivity contribution in [2.45, 2.75) is 32.9 Å². The van der Waals surface area contributed by atoms with Crippen LogP contribution >= 0.6 is 0 Å². The molecule has 0 bridgehead atoms. The van der Waals surface area contributed by atoms with Crippen LogP contribution in [-0.4, -0.2) is 43.6 Å². The molecule has 1 aliphatic heterocycles. The molecule has 1 aliphatic rings. The van der Waals surface area contributed by atoms with Gasteiger partial charge >= 0.3 is 5.97 Å². The highest BCUT2D eigenvalue weighted by Crippen LogP contribution is 2.45. The van der Waals surface area contributed by atoms with Crippen molar-refractivity contribution in [1.82, 2.24) is 0 Å². The van der Waals surface area contributed by atoms with E-state index in [-0.39, 0.29) is 24.0 Å². The SMILES string of the molecule is COc1ccc(C(=O)Oc2ccc(-c3ccc4c(c3COc3cc([N+](=O)[O-])ccc3C)N(C)C(=O)C(C)(C)N4)c(OC)c2)cc1. The van der Waals surface area contributed by atoms with Gasteiger partial charge in [0.05, 0.1) is 42.1 Å². The number of aryl methyl sites for hydroxylation is 1. The van der Waals surface area contributed by atoms with Crippen molar-refractivity contribution < 1.29 is 33.5 Å². The van der Waals surface area contributed by atoms with Crippen molar-refractivity contribution in [3.05, 3.63) is 99.6 Å². The molecule has 4 aromatic carbocycles. The highest BCUT2D eigenvalue weighted by molar-refractivity contribution is 6.08. The number of nitrogens with zero attached hydrogens (tertiary/aromatic N) is 2. The summed E-state index contributed by atoms with van der Waals surface area (Å²) in [7, 11) is 4.76. The van der Waals surface area contributed by atoms with Crippen molar-refractivity contribution in [2.24, 2.45) is 0 Å². The lowest BCUT2D eigenvalue weighted by atomic mass is 9.91. The minimum Gasteiger partial charge on any atom is -0.497 e. The highest BCUT2D eigenvalue weighted by Gasteiger charge is 2.39. The van der Waals surface area contributed by atoms with Gasteiger partial charge in [-0.05, 0) is 80.4 Å². The predicted molar refractivity (Wildman–Crippen MR) is 170 cm³/mol. The van der Waals surface area contributed by atoms with Gasteiger partial charge in [0.15, 0.2) is 0 Å². The maximum Gasteiger partial charge on any atom is 0.343 e. The molecule has 0 saturated carbocycles. The van der Waals surface area contributed by atoms with Crippen LogP contribution in [0.15, 0.2) is 72.8 Å². The Balaban J connectivity index is 1.55. The van der Waals surface area contributed by atoms with E-state index >= 15 is 0 Å². The summed E-state index contributed by atoms with van der Waals surface area (Å²) in [5.74, 6) is 0.966. The van der Waals surface area contributed by atoms with Crippen molar-refractivity contribution in [3.63, 3.8) is 0 Å². The lowest BCUT2D eigenvalue weighted by Gasteiger charge is -2.39. The molecule has 0 aliphatic carbocycles. The molecule has 11 heteroatoms. The molecule has 1 heterocycles. The summed E-state index contributed by atoms with van der Waals surface area (Å²) in [4.78, 5) is 38.7. The van der Waals surface area contributed by atoms with Crippen LogP contribution in [0.2, 0.25) is 0 Å². The van der Waals surface area contributed by atoms with Crippen molar-refractivity contribution in [2.75, 3.05) is 31.5 Å². The van der Waals surface area contributed by atoms with Crippen molar-refractivity contribution in [3.8, 4) is 34.1 Å². The molecule has 5 rings (SSSR count). The van der Waals surface area contributed by atoms with Crippen molar-refractivity contribution >= 4 is 28.9 Å². The molecule has 1 N–H and O–H groups in total. The Morgan fingerprint density at radius 1 is 0.911 bits per heavy atom. The third kappa shape index (κ3) is 6.10. The van der Waals surface area contributed by atoms with E-state index in [0.717, 1.165) is 11.3 Å². The Hall–Kier alpha value is -5.58. The minimum atomic E-state index is -0.842. The summed E-state index contributed by atoms with van der Waals surface area (Å²) in [6.45, 7) is 5.40. The second-order valence-electron chi connectivity index (χ2n) is 11.1. The van der Waals surface area contributed by atoms with Crippen LogP contribution in [-0.2, 0) is 11.4 Å². The number of rotatable bonds is 9. The molecule has 0 atom stereocenters. The van der Waals surface area contributed by atoms with Crippen molar-refractivity contribution in [1.29, 1.82) is 0 Å². The van der Waals surface area contributed by atoms with Gasteiger partial charge in [-0.2, -0.15) is 0 Å². The largest absolute Gasteiger partial charge is 0.497 e. The Morgan fingerprint density at radius 2 is 1.60 bits per heavy atom. The number of esters is 1. The number of benzene rings is 4. The number of hydrogen-bond acceptors (Lipinski definition) is 9. The number of nitro benzene ring substituents is 1. The maximum absolute atomic E-state index is 13.3. The van der Waals surface area contributed by atoms with Crippen LogP contribution < -0.4 is 29.2 Å². The van der Waals surface area contributed by atoms with Gasteiger partial charge in [-0.3, -0.25) is 14.9 Å². The van der Waals surface area contributed by atoms with E-state index in [1.165, 1.54) is 19.2 Å². The van der Waals surface area contributed by atoms with Gasteiger partial charge in [-0.1, -0.05) is 6.07 Å². The lowest BCUT2D eigenvalue weighted by molar-refractivity contribution is -0.385. The number of carbonyl (C=O) groups is 2.